The van der Waals surface area contributed by atoms with Crippen LogP contribution < -0.4 is 15.1 Å². The van der Waals surface area contributed by atoms with E-state index >= 15 is 0 Å². The summed E-state index contributed by atoms with van der Waals surface area (Å²) in [6.07, 6.45) is -16.2. The van der Waals surface area contributed by atoms with Gasteiger partial charge in [-0.3, -0.25) is 0 Å². The minimum absolute atomic E-state index is 0.0463. The topological polar surface area (TPSA) is 238 Å². The monoisotopic (exact) mass is 596 g/mol. The molecule has 3 aromatic rings. The predicted molar refractivity (Wildman–Crippen MR) is 140 cm³/mol. The molecule has 2 aliphatic rings. The first kappa shape index (κ1) is 30.4. The Balaban J connectivity index is 1.44. The van der Waals surface area contributed by atoms with Crippen LogP contribution >= 0.6 is 0 Å². The standard InChI is InChI=1S/C27H32O15/c1-9-3-10-4-11-5-12(37-2)6-13(16(11)20(31)17(10)25(36)39-9)40-27-24(35)22(33)19(30)15(42-27)8-38-26-23(34)21(32)18(29)14(7-28)41-26/h3-6,14-15,18-19,21-24,26-35H,7-8H2,1-2H3/t14-,15-,18-,19-,21-,22-,23-,24-,26-,27-/m1/s1. The summed E-state index contributed by atoms with van der Waals surface area (Å²) in [6, 6.07) is 6.12. The second-order valence-corrected chi connectivity index (χ2v) is 10.2. The first-order chi connectivity index (χ1) is 19.9. The van der Waals surface area contributed by atoms with Gasteiger partial charge in [0.25, 0.3) is 0 Å². The number of hydrogen-bond donors (Lipinski definition) is 8. The Morgan fingerprint density at radius 2 is 1.40 bits per heavy atom. The van der Waals surface area contributed by atoms with Gasteiger partial charge in [-0.15, -0.1) is 0 Å². The van der Waals surface area contributed by atoms with Gasteiger partial charge in [0.1, 0.15) is 77.2 Å². The van der Waals surface area contributed by atoms with Crippen LogP contribution in [0.15, 0.2) is 33.5 Å². The molecule has 2 aromatic carbocycles. The summed E-state index contributed by atoms with van der Waals surface area (Å²) in [5, 5.41) is 83.1. The highest BCUT2D eigenvalue weighted by atomic mass is 16.7. The van der Waals surface area contributed by atoms with Crippen molar-refractivity contribution in [2.45, 2.75) is 68.3 Å². The quantitative estimate of drug-likeness (QED) is 0.137. The van der Waals surface area contributed by atoms with Gasteiger partial charge in [-0.05, 0) is 35.9 Å². The Bertz CT molecular complexity index is 1490. The lowest BCUT2D eigenvalue weighted by atomic mass is 9.98. The molecule has 8 N–H and O–H groups in total. The van der Waals surface area contributed by atoms with Crippen LogP contribution in [0.4, 0.5) is 0 Å². The van der Waals surface area contributed by atoms with Crippen LogP contribution in [0.1, 0.15) is 5.76 Å². The molecule has 0 saturated carbocycles. The van der Waals surface area contributed by atoms with Crippen LogP contribution in [-0.2, 0) is 14.2 Å². The highest BCUT2D eigenvalue weighted by Crippen LogP contribution is 2.42. The average molecular weight is 597 g/mol. The maximum absolute atomic E-state index is 12.6. The lowest BCUT2D eigenvalue weighted by Crippen LogP contribution is -2.62. The van der Waals surface area contributed by atoms with E-state index in [0.29, 0.717) is 16.5 Å². The smallest absolute Gasteiger partial charge is 0.347 e. The maximum atomic E-state index is 12.6. The molecule has 0 aliphatic carbocycles. The summed E-state index contributed by atoms with van der Waals surface area (Å²) in [5.74, 6) is 0.0328. The number of benzene rings is 2. The summed E-state index contributed by atoms with van der Waals surface area (Å²) in [5.41, 5.74) is -0.788. The van der Waals surface area contributed by atoms with Crippen molar-refractivity contribution in [3.05, 3.63) is 40.4 Å². The summed E-state index contributed by atoms with van der Waals surface area (Å²) >= 11 is 0. The highest BCUT2D eigenvalue weighted by molar-refractivity contribution is 6.07. The molecule has 15 nitrogen and oxygen atoms in total. The Kier molecular flexibility index (Phi) is 8.60. The molecule has 230 valence electrons. The van der Waals surface area contributed by atoms with Crippen LogP contribution in [0, 0.1) is 6.92 Å². The Hall–Kier alpha value is -3.09. The molecule has 0 amide bonds. The number of aliphatic hydroxyl groups is 7. The van der Waals surface area contributed by atoms with Gasteiger partial charge in [0.2, 0.25) is 6.29 Å². The number of methoxy groups -OCH3 is 1. The minimum Gasteiger partial charge on any atom is -0.506 e. The van der Waals surface area contributed by atoms with Crippen molar-refractivity contribution in [3.63, 3.8) is 0 Å². The fourth-order valence-electron chi connectivity index (χ4n) is 5.14. The van der Waals surface area contributed by atoms with E-state index in [1.807, 2.05) is 0 Å². The molecular formula is C27H32O15. The largest absolute Gasteiger partial charge is 0.506 e. The second kappa shape index (κ2) is 11.9. The zero-order valence-corrected chi connectivity index (χ0v) is 22.4. The van der Waals surface area contributed by atoms with E-state index in [-0.39, 0.29) is 22.3 Å². The van der Waals surface area contributed by atoms with Crippen molar-refractivity contribution in [2.24, 2.45) is 0 Å². The third kappa shape index (κ3) is 5.40. The fraction of sp³-hybridized carbons (Fsp3) is 0.519. The molecule has 0 bridgehead atoms. The van der Waals surface area contributed by atoms with Crippen LogP contribution in [0.5, 0.6) is 17.2 Å². The van der Waals surface area contributed by atoms with Gasteiger partial charge < -0.3 is 69.0 Å². The molecule has 2 aliphatic heterocycles. The van der Waals surface area contributed by atoms with Crippen LogP contribution in [0.2, 0.25) is 0 Å². The van der Waals surface area contributed by atoms with Crippen LogP contribution in [-0.4, -0.2) is 123 Å². The number of aliphatic hydroxyl groups excluding tert-OH is 7. The molecule has 42 heavy (non-hydrogen) atoms. The van der Waals surface area contributed by atoms with Gasteiger partial charge in [-0.2, -0.15) is 0 Å². The van der Waals surface area contributed by atoms with Gasteiger partial charge in [-0.25, -0.2) is 4.79 Å². The summed E-state index contributed by atoms with van der Waals surface area (Å²) in [4.78, 5) is 12.6. The van der Waals surface area contributed by atoms with Crippen molar-refractivity contribution < 1.29 is 69.0 Å². The van der Waals surface area contributed by atoms with E-state index in [1.54, 1.807) is 25.1 Å². The van der Waals surface area contributed by atoms with Crippen molar-refractivity contribution in [1.29, 1.82) is 0 Å². The van der Waals surface area contributed by atoms with E-state index in [0.717, 1.165) is 0 Å². The number of aryl methyl sites for hydroxylation is 1. The molecule has 5 rings (SSSR count). The normalized spacial score (nSPS) is 33.6. The lowest BCUT2D eigenvalue weighted by molar-refractivity contribution is -0.323. The Morgan fingerprint density at radius 3 is 2.07 bits per heavy atom. The van der Waals surface area contributed by atoms with Crippen LogP contribution in [0.25, 0.3) is 21.5 Å². The molecule has 3 heterocycles. The summed E-state index contributed by atoms with van der Waals surface area (Å²) < 4.78 is 32.8. The summed E-state index contributed by atoms with van der Waals surface area (Å²) in [7, 11) is 1.39. The summed E-state index contributed by atoms with van der Waals surface area (Å²) in [6.45, 7) is 0.330. The third-order valence-corrected chi connectivity index (χ3v) is 7.42. The van der Waals surface area contributed by atoms with E-state index in [1.165, 1.54) is 13.2 Å². The number of fused-ring (bicyclic) bond motifs is 2. The molecule has 0 unspecified atom stereocenters. The second-order valence-electron chi connectivity index (χ2n) is 10.2. The fourth-order valence-corrected chi connectivity index (χ4v) is 5.14. The lowest BCUT2D eigenvalue weighted by Gasteiger charge is -2.42. The highest BCUT2D eigenvalue weighted by Gasteiger charge is 2.48. The minimum atomic E-state index is -1.81. The Morgan fingerprint density at radius 1 is 0.786 bits per heavy atom. The number of ether oxygens (including phenoxy) is 5. The Labute approximate surface area is 237 Å². The van der Waals surface area contributed by atoms with E-state index in [2.05, 4.69) is 0 Å². The zero-order chi connectivity index (χ0) is 30.5. The first-order valence-corrected chi connectivity index (χ1v) is 13.0. The molecule has 2 saturated heterocycles. The van der Waals surface area contributed by atoms with Gasteiger partial charge in [0.15, 0.2) is 6.29 Å². The molecule has 2 fully saturated rings. The molecular weight excluding hydrogens is 564 g/mol. The SMILES string of the molecule is COc1cc(O[C@@H]2O[C@H](CO[C@@H]3O[C@H](CO)[C@@H](O)[C@@H](O)[C@H]3O)[C@@H](O)[C@@H](O)[C@H]2O)c2c(O)c3c(=O)oc(C)cc3cc2c1. The third-order valence-electron chi connectivity index (χ3n) is 7.42. The molecule has 0 spiro atoms. The molecule has 10 atom stereocenters. The van der Waals surface area contributed by atoms with Crippen LogP contribution in [0.3, 0.4) is 0 Å². The number of rotatable bonds is 7. The number of phenols is 1. The molecule has 15 heteroatoms. The molecule has 0 radical (unpaired) electrons. The van der Waals surface area contributed by atoms with Gasteiger partial charge in [0, 0.05) is 6.07 Å². The van der Waals surface area contributed by atoms with Gasteiger partial charge in [-0.1, -0.05) is 0 Å². The van der Waals surface area contributed by atoms with Crippen molar-refractivity contribution in [1.82, 2.24) is 0 Å². The number of hydrogen-bond acceptors (Lipinski definition) is 15. The molecule has 1 aromatic heterocycles. The van der Waals surface area contributed by atoms with E-state index < -0.39 is 86.0 Å². The van der Waals surface area contributed by atoms with Crippen molar-refractivity contribution in [2.75, 3.05) is 20.3 Å². The number of aromatic hydroxyl groups is 1. The van der Waals surface area contributed by atoms with E-state index in [4.69, 9.17) is 28.1 Å². The van der Waals surface area contributed by atoms with Gasteiger partial charge in [0.05, 0.1) is 25.7 Å². The average Bonchev–Trinajstić information content (AvgIpc) is 2.95. The van der Waals surface area contributed by atoms with Gasteiger partial charge >= 0.3 is 5.63 Å². The van der Waals surface area contributed by atoms with Crippen molar-refractivity contribution in [3.8, 4) is 17.2 Å². The van der Waals surface area contributed by atoms with Crippen molar-refractivity contribution >= 4 is 21.5 Å². The number of phenolic OH excluding ortho intramolecular Hbond substituents is 1. The first-order valence-electron chi connectivity index (χ1n) is 13.0. The van der Waals surface area contributed by atoms with E-state index in [9.17, 15) is 45.6 Å². The maximum Gasteiger partial charge on any atom is 0.347 e. The predicted octanol–water partition coefficient (Wildman–Crippen LogP) is -2.03. The zero-order valence-electron chi connectivity index (χ0n) is 22.4.